The van der Waals surface area contributed by atoms with Crippen LogP contribution in [0.15, 0.2) is 47.3 Å². The Labute approximate surface area is 182 Å². The molecule has 1 aliphatic heterocycles. The number of amides is 2. The average Bonchev–Trinajstić information content (AvgIpc) is 3.42. The van der Waals surface area contributed by atoms with Crippen LogP contribution in [0.1, 0.15) is 18.4 Å². The summed E-state index contributed by atoms with van der Waals surface area (Å²) in [6.45, 7) is 2.74. The quantitative estimate of drug-likeness (QED) is 0.599. The average molecular weight is 439 g/mol. The summed E-state index contributed by atoms with van der Waals surface area (Å²) in [6.07, 6.45) is 0.886. The number of benzene rings is 1. The molecule has 2 amide bonds. The van der Waals surface area contributed by atoms with Crippen LogP contribution in [0.5, 0.6) is 0 Å². The molecule has 31 heavy (non-hydrogen) atoms. The number of aryl methyl sites for hydroxylation is 1. The fraction of sp³-hybridized carbons (Fsp3) is 0.333. The number of anilines is 1. The molecule has 4 rings (SSSR count). The topological polar surface area (TPSA) is 110 Å². The molecule has 0 saturated carbocycles. The van der Waals surface area contributed by atoms with Gasteiger partial charge in [-0.15, -0.1) is 10.2 Å². The molecular formula is C21H22N6O3S. The highest BCUT2D eigenvalue weighted by molar-refractivity contribution is 7.15. The minimum Gasteiger partial charge on any atom is -0.354 e. The van der Waals surface area contributed by atoms with Gasteiger partial charge < -0.3 is 5.32 Å². The van der Waals surface area contributed by atoms with Gasteiger partial charge in [0.2, 0.25) is 16.9 Å². The van der Waals surface area contributed by atoms with E-state index in [0.717, 1.165) is 17.0 Å². The van der Waals surface area contributed by atoms with Gasteiger partial charge in [-0.05, 0) is 12.5 Å². The van der Waals surface area contributed by atoms with E-state index >= 15 is 0 Å². The Morgan fingerprint density at radius 3 is 2.71 bits per heavy atom. The second-order valence-corrected chi connectivity index (χ2v) is 8.21. The zero-order valence-electron chi connectivity index (χ0n) is 17.0. The summed E-state index contributed by atoms with van der Waals surface area (Å²) in [6, 6.07) is 12.7. The van der Waals surface area contributed by atoms with Crippen LogP contribution >= 0.6 is 11.3 Å². The Kier molecular flexibility index (Phi) is 6.17. The molecule has 0 aliphatic carbocycles. The number of carbonyl (C=O) groups excluding carboxylic acids is 2. The van der Waals surface area contributed by atoms with Crippen LogP contribution in [0.4, 0.5) is 5.13 Å². The molecule has 0 radical (unpaired) electrons. The number of nitrogens with zero attached hydrogens (tertiary/aromatic N) is 5. The first-order valence-corrected chi connectivity index (χ1v) is 10.9. The molecule has 2 aromatic heterocycles. The van der Waals surface area contributed by atoms with Gasteiger partial charge in [-0.3, -0.25) is 19.3 Å². The molecule has 1 fully saturated rings. The lowest BCUT2D eigenvalue weighted by Crippen LogP contribution is -2.36. The Balaban J connectivity index is 1.34. The molecule has 3 aromatic rings. The van der Waals surface area contributed by atoms with Crippen molar-refractivity contribution in [2.24, 2.45) is 5.92 Å². The Bertz CT molecular complexity index is 1140. The highest BCUT2D eigenvalue weighted by Gasteiger charge is 2.36. The van der Waals surface area contributed by atoms with Gasteiger partial charge in [0.25, 0.3) is 5.56 Å². The van der Waals surface area contributed by atoms with E-state index in [-0.39, 0.29) is 43.4 Å². The molecule has 1 unspecified atom stereocenters. The normalized spacial score (nSPS) is 16.0. The predicted octanol–water partition coefficient (Wildman–Crippen LogP) is 1.49. The van der Waals surface area contributed by atoms with Crippen molar-refractivity contribution < 1.29 is 9.59 Å². The van der Waals surface area contributed by atoms with Gasteiger partial charge in [0.15, 0.2) is 0 Å². The second-order valence-electron chi connectivity index (χ2n) is 7.17. The van der Waals surface area contributed by atoms with Crippen LogP contribution in [0.3, 0.4) is 0 Å². The lowest BCUT2D eigenvalue weighted by atomic mass is 10.1. The molecule has 160 valence electrons. The first kappa shape index (κ1) is 20.9. The zero-order chi connectivity index (χ0) is 21.8. The van der Waals surface area contributed by atoms with Gasteiger partial charge >= 0.3 is 0 Å². The third kappa shape index (κ3) is 4.69. The van der Waals surface area contributed by atoms with Gasteiger partial charge in [-0.25, -0.2) is 4.68 Å². The van der Waals surface area contributed by atoms with Gasteiger partial charge in [0, 0.05) is 31.1 Å². The number of nitrogens with one attached hydrogen (secondary N) is 1. The van der Waals surface area contributed by atoms with E-state index in [4.69, 9.17) is 0 Å². The van der Waals surface area contributed by atoms with E-state index in [1.165, 1.54) is 27.0 Å². The largest absolute Gasteiger partial charge is 0.354 e. The van der Waals surface area contributed by atoms with Crippen molar-refractivity contribution in [2.45, 2.75) is 26.3 Å². The van der Waals surface area contributed by atoms with Gasteiger partial charge in [0.1, 0.15) is 5.01 Å². The van der Waals surface area contributed by atoms with Crippen LogP contribution in [-0.2, 0) is 22.6 Å². The summed E-state index contributed by atoms with van der Waals surface area (Å²) < 4.78 is 1.34. The Hall–Kier alpha value is -3.40. The van der Waals surface area contributed by atoms with Crippen molar-refractivity contribution in [1.29, 1.82) is 0 Å². The van der Waals surface area contributed by atoms with Gasteiger partial charge in [-0.1, -0.05) is 48.6 Å². The summed E-state index contributed by atoms with van der Waals surface area (Å²) in [7, 11) is 0. The standard InChI is InChI=1S/C21H22N6O3S/c1-2-17-23-24-21(31-17)26-13-15(12-19(26)29)20(30)22-10-11-27-18(28)9-8-16(25-27)14-6-4-3-5-7-14/h3-9,15H,2,10-13H2,1H3,(H,22,30). The third-order valence-electron chi connectivity index (χ3n) is 5.04. The number of aromatic nitrogens is 4. The van der Waals surface area contributed by atoms with E-state index < -0.39 is 5.92 Å². The number of rotatable bonds is 7. The zero-order valence-corrected chi connectivity index (χ0v) is 17.8. The fourth-order valence-corrected chi connectivity index (χ4v) is 4.17. The van der Waals surface area contributed by atoms with Crippen molar-refractivity contribution in [3.63, 3.8) is 0 Å². The second kappa shape index (κ2) is 9.17. The lowest BCUT2D eigenvalue weighted by Gasteiger charge is -2.13. The highest BCUT2D eigenvalue weighted by atomic mass is 32.1. The highest BCUT2D eigenvalue weighted by Crippen LogP contribution is 2.28. The molecule has 0 bridgehead atoms. The monoisotopic (exact) mass is 438 g/mol. The lowest BCUT2D eigenvalue weighted by molar-refractivity contribution is -0.126. The van der Waals surface area contributed by atoms with Crippen LogP contribution in [0, 0.1) is 5.92 Å². The van der Waals surface area contributed by atoms with E-state index in [9.17, 15) is 14.4 Å². The van der Waals surface area contributed by atoms with E-state index in [1.54, 1.807) is 6.07 Å². The van der Waals surface area contributed by atoms with Crippen molar-refractivity contribution in [3.8, 4) is 11.3 Å². The summed E-state index contributed by atoms with van der Waals surface area (Å²) in [5, 5.41) is 16.7. The summed E-state index contributed by atoms with van der Waals surface area (Å²) in [4.78, 5) is 38.5. The molecule has 1 saturated heterocycles. The number of hydrogen-bond donors (Lipinski definition) is 1. The summed E-state index contributed by atoms with van der Waals surface area (Å²) >= 11 is 1.37. The maximum atomic E-state index is 12.6. The first-order valence-electron chi connectivity index (χ1n) is 10.1. The van der Waals surface area contributed by atoms with Crippen molar-refractivity contribution in [2.75, 3.05) is 18.0 Å². The summed E-state index contributed by atoms with van der Waals surface area (Å²) in [5.41, 5.74) is 1.36. The molecule has 3 heterocycles. The Morgan fingerprint density at radius 2 is 1.97 bits per heavy atom. The smallest absolute Gasteiger partial charge is 0.266 e. The van der Waals surface area contributed by atoms with Crippen molar-refractivity contribution >= 4 is 28.3 Å². The van der Waals surface area contributed by atoms with Crippen LogP contribution in [-0.4, -0.2) is 44.9 Å². The molecule has 1 aliphatic rings. The minimum absolute atomic E-state index is 0.132. The minimum atomic E-state index is -0.457. The van der Waals surface area contributed by atoms with Crippen LogP contribution < -0.4 is 15.8 Å². The number of hydrogen-bond acceptors (Lipinski definition) is 7. The van der Waals surface area contributed by atoms with Gasteiger partial charge in [0.05, 0.1) is 18.2 Å². The number of carbonyl (C=O) groups is 2. The summed E-state index contributed by atoms with van der Waals surface area (Å²) in [5.74, 6) is -0.808. The third-order valence-corrected chi connectivity index (χ3v) is 6.13. The van der Waals surface area contributed by atoms with Crippen molar-refractivity contribution in [3.05, 3.63) is 57.8 Å². The Morgan fingerprint density at radius 1 is 1.16 bits per heavy atom. The van der Waals surface area contributed by atoms with E-state index in [2.05, 4.69) is 20.6 Å². The molecule has 9 nitrogen and oxygen atoms in total. The molecule has 1 atom stereocenters. The van der Waals surface area contributed by atoms with Crippen LogP contribution in [0.25, 0.3) is 11.3 Å². The molecule has 1 N–H and O–H groups in total. The van der Waals surface area contributed by atoms with E-state index in [0.29, 0.717) is 10.8 Å². The molecular weight excluding hydrogens is 416 g/mol. The maximum Gasteiger partial charge on any atom is 0.266 e. The first-order chi connectivity index (χ1) is 15.0. The molecule has 10 heteroatoms. The van der Waals surface area contributed by atoms with Gasteiger partial charge in [-0.2, -0.15) is 5.10 Å². The maximum absolute atomic E-state index is 12.6. The molecule has 0 spiro atoms. The fourth-order valence-electron chi connectivity index (χ4n) is 3.37. The predicted molar refractivity (Wildman–Crippen MR) is 117 cm³/mol. The molecule has 1 aromatic carbocycles. The van der Waals surface area contributed by atoms with E-state index in [1.807, 2.05) is 37.3 Å². The van der Waals surface area contributed by atoms with Crippen molar-refractivity contribution in [1.82, 2.24) is 25.3 Å². The SMILES string of the molecule is CCc1nnc(N2CC(C(=O)NCCn3nc(-c4ccccc4)ccc3=O)CC2=O)s1. The van der Waals surface area contributed by atoms with Crippen LogP contribution in [0.2, 0.25) is 0 Å².